The summed E-state index contributed by atoms with van der Waals surface area (Å²) in [4.78, 5) is 0. The molecule has 1 N–H and O–H groups in total. The predicted molar refractivity (Wildman–Crippen MR) is 56.2 cm³/mol. The first-order valence-corrected chi connectivity index (χ1v) is 5.02. The Morgan fingerprint density at radius 3 is 2.67 bits per heavy atom. The number of allylic oxidation sites excluding steroid dienone is 2. The summed E-state index contributed by atoms with van der Waals surface area (Å²) in [6.07, 6.45) is 9.79. The van der Waals surface area contributed by atoms with Crippen molar-refractivity contribution >= 4 is 23.4 Å². The van der Waals surface area contributed by atoms with Crippen molar-refractivity contribution in [3.63, 3.8) is 0 Å². The van der Waals surface area contributed by atoms with Gasteiger partial charge in [0.05, 0.1) is 0 Å². The van der Waals surface area contributed by atoms with E-state index in [0.717, 1.165) is 23.6 Å². The Balaban J connectivity index is 3.27. The minimum absolute atomic E-state index is 0.859. The molecule has 0 amide bonds. The van der Waals surface area contributed by atoms with E-state index in [-0.39, 0.29) is 0 Å². The van der Waals surface area contributed by atoms with Crippen molar-refractivity contribution in [2.24, 2.45) is 0 Å². The first-order chi connectivity index (χ1) is 5.81. The fraction of sp³-hybridized carbons (Fsp3) is 0.700. The molecule has 0 fully saturated rings. The Bertz CT molecular complexity index is 141. The van der Waals surface area contributed by atoms with Gasteiger partial charge in [-0.3, -0.25) is 0 Å². The molecule has 0 heterocycles. The van der Waals surface area contributed by atoms with Crippen molar-refractivity contribution in [2.45, 2.75) is 44.1 Å². The zero-order chi connectivity index (χ0) is 9.23. The standard InChI is InChI=1S/C10H18N.Li/c1-3-5-7-9-10(11)8-6-4-2;/h4,6,11H,2-3,5,7-9H2,1H3;. The maximum atomic E-state index is 7.59. The van der Waals surface area contributed by atoms with E-state index in [1.165, 1.54) is 19.3 Å². The monoisotopic (exact) mass is 159 g/mol. The zero-order valence-electron chi connectivity index (χ0n) is 8.40. The number of nitrogens with one attached hydrogen (secondary N) is 1. The first kappa shape index (κ1) is 12.0. The molecule has 0 rings (SSSR count). The van der Waals surface area contributed by atoms with Crippen molar-refractivity contribution in [1.29, 1.82) is 5.41 Å². The van der Waals surface area contributed by atoms with E-state index in [9.17, 15) is 0 Å². The van der Waals surface area contributed by atoms with Crippen LogP contribution in [0.3, 0.4) is 0 Å². The van der Waals surface area contributed by atoms with Gasteiger partial charge in [0.25, 0.3) is 0 Å². The predicted octanol–water partition coefficient (Wildman–Crippen LogP) is 3.12. The molecule has 0 aliphatic carbocycles. The van der Waals surface area contributed by atoms with Crippen LogP contribution >= 0.6 is 0 Å². The van der Waals surface area contributed by atoms with E-state index in [2.05, 4.69) is 36.8 Å². The molecule has 2 heteroatoms. The Kier molecular flexibility index (Phi) is 9.10. The molecule has 0 unspecified atom stereocenters. The van der Waals surface area contributed by atoms with Crippen LogP contribution in [0.15, 0.2) is 12.2 Å². The van der Waals surface area contributed by atoms with Crippen LogP contribution in [-0.4, -0.2) is 23.4 Å². The van der Waals surface area contributed by atoms with Crippen LogP contribution in [0.2, 0.25) is 5.09 Å². The van der Waals surface area contributed by atoms with Crippen LogP contribution in [0, 0.1) is 5.41 Å². The summed E-state index contributed by atoms with van der Waals surface area (Å²) in [5.74, 6) is 0. The molecule has 0 aliphatic heterocycles. The molecule has 0 bridgehead atoms. The van der Waals surface area contributed by atoms with Gasteiger partial charge in [0, 0.05) is 0 Å². The molecule has 0 aromatic rings. The summed E-state index contributed by atoms with van der Waals surface area (Å²) in [6, 6.07) is 0. The Morgan fingerprint density at radius 1 is 1.33 bits per heavy atom. The quantitative estimate of drug-likeness (QED) is 0.255. The van der Waals surface area contributed by atoms with Gasteiger partial charge in [-0.25, -0.2) is 0 Å². The van der Waals surface area contributed by atoms with Crippen molar-refractivity contribution in [3.05, 3.63) is 12.2 Å². The van der Waals surface area contributed by atoms with E-state index in [4.69, 9.17) is 5.41 Å². The van der Waals surface area contributed by atoms with Gasteiger partial charge in [-0.1, -0.05) is 0 Å². The SMILES string of the molecule is [Li][CH2]C=CCC(=N)CCCCC. The second-order valence-electron chi connectivity index (χ2n) is 3.14. The molecule has 0 atom stereocenters. The van der Waals surface area contributed by atoms with Gasteiger partial charge < -0.3 is 0 Å². The summed E-state index contributed by atoms with van der Waals surface area (Å²) in [5.41, 5.74) is 0.883. The second-order valence-corrected chi connectivity index (χ2v) is 3.14. The third-order valence-electron chi connectivity index (χ3n) is 1.85. The number of rotatable bonds is 7. The molecule has 0 saturated carbocycles. The van der Waals surface area contributed by atoms with Crippen molar-refractivity contribution in [2.75, 3.05) is 0 Å². The van der Waals surface area contributed by atoms with Gasteiger partial charge in [0.15, 0.2) is 0 Å². The van der Waals surface area contributed by atoms with E-state index in [1.54, 1.807) is 0 Å². The van der Waals surface area contributed by atoms with E-state index < -0.39 is 0 Å². The van der Waals surface area contributed by atoms with E-state index in [1.807, 2.05) is 0 Å². The number of unbranched alkanes of at least 4 members (excludes halogenated alkanes) is 2. The van der Waals surface area contributed by atoms with Gasteiger partial charge >= 0.3 is 85.1 Å². The fourth-order valence-electron chi connectivity index (χ4n) is 1.08. The first-order valence-electron chi connectivity index (χ1n) is 5.02. The van der Waals surface area contributed by atoms with Gasteiger partial charge in [-0.05, 0) is 0 Å². The third kappa shape index (κ3) is 8.11. The van der Waals surface area contributed by atoms with E-state index >= 15 is 0 Å². The summed E-state index contributed by atoms with van der Waals surface area (Å²) >= 11 is 2.12. The van der Waals surface area contributed by atoms with Crippen molar-refractivity contribution in [1.82, 2.24) is 0 Å². The number of hydrogen-bond donors (Lipinski definition) is 1. The summed E-state index contributed by atoms with van der Waals surface area (Å²) in [6.45, 7) is 2.20. The molecule has 0 aromatic carbocycles. The molecule has 1 nitrogen and oxygen atoms in total. The second kappa shape index (κ2) is 9.10. The Morgan fingerprint density at radius 2 is 2.08 bits per heavy atom. The minimum atomic E-state index is 0.859. The van der Waals surface area contributed by atoms with Crippen molar-refractivity contribution in [3.8, 4) is 0 Å². The van der Waals surface area contributed by atoms with Crippen LogP contribution in [0.1, 0.15) is 39.0 Å². The molecular formula is C10H18LiN. The molecule has 0 saturated heterocycles. The van der Waals surface area contributed by atoms with Gasteiger partial charge in [-0.2, -0.15) is 0 Å². The summed E-state index contributed by atoms with van der Waals surface area (Å²) in [5, 5.41) is 8.68. The molecule has 0 aliphatic rings. The summed E-state index contributed by atoms with van der Waals surface area (Å²) < 4.78 is 0. The van der Waals surface area contributed by atoms with Crippen LogP contribution in [0.25, 0.3) is 0 Å². The van der Waals surface area contributed by atoms with E-state index in [0.29, 0.717) is 0 Å². The average Bonchev–Trinajstić information content (AvgIpc) is 2.06. The maximum absolute atomic E-state index is 7.59. The van der Waals surface area contributed by atoms with Gasteiger partial charge in [-0.15, -0.1) is 0 Å². The molecule has 0 radical (unpaired) electrons. The molecular weight excluding hydrogens is 141 g/mol. The molecule has 0 aromatic heterocycles. The van der Waals surface area contributed by atoms with Crippen LogP contribution < -0.4 is 0 Å². The Labute approximate surface area is 85.3 Å². The van der Waals surface area contributed by atoms with Gasteiger partial charge in [0.2, 0.25) is 0 Å². The molecule has 12 heavy (non-hydrogen) atoms. The normalized spacial score (nSPS) is 10.9. The fourth-order valence-corrected chi connectivity index (χ4v) is 1.08. The summed E-state index contributed by atoms with van der Waals surface area (Å²) in [7, 11) is 0. The van der Waals surface area contributed by atoms with Crippen LogP contribution in [0.5, 0.6) is 0 Å². The van der Waals surface area contributed by atoms with Gasteiger partial charge in [0.1, 0.15) is 0 Å². The third-order valence-corrected chi connectivity index (χ3v) is 1.85. The topological polar surface area (TPSA) is 23.9 Å². The van der Waals surface area contributed by atoms with Crippen LogP contribution in [0.4, 0.5) is 0 Å². The average molecular weight is 159 g/mol. The molecule has 0 spiro atoms. The Hall–Kier alpha value is 0.00740. The molecule has 64 valence electrons. The number of hydrogen-bond acceptors (Lipinski definition) is 1. The van der Waals surface area contributed by atoms with Crippen molar-refractivity contribution < 1.29 is 0 Å². The van der Waals surface area contributed by atoms with Crippen LogP contribution in [-0.2, 0) is 0 Å². The zero-order valence-corrected chi connectivity index (χ0v) is 8.40.